The molecule has 1 fully saturated rings. The predicted octanol–water partition coefficient (Wildman–Crippen LogP) is 8.43. The lowest BCUT2D eigenvalue weighted by atomic mass is 9.83. The maximum atomic E-state index is 4.56. The summed E-state index contributed by atoms with van der Waals surface area (Å²) in [6.45, 7) is 25.0. The number of rotatable bonds is 8. The normalized spacial score (nSPS) is 16.8. The zero-order valence-electron chi connectivity index (χ0n) is 21.2. The smallest absolute Gasteiger partial charge is 0.0511 e. The molecule has 2 heteroatoms. The van der Waals surface area contributed by atoms with Crippen LogP contribution in [0.25, 0.3) is 5.57 Å². The van der Waals surface area contributed by atoms with E-state index in [-0.39, 0.29) is 5.92 Å². The molecule has 0 radical (unpaired) electrons. The summed E-state index contributed by atoms with van der Waals surface area (Å²) in [4.78, 5) is 4.60. The molecule has 0 spiro atoms. The maximum absolute atomic E-state index is 4.56. The van der Waals surface area contributed by atoms with Gasteiger partial charge in [-0.1, -0.05) is 68.1 Å². The zero-order chi connectivity index (χ0) is 24.1. The Bertz CT molecular complexity index is 1040. The molecule has 0 bridgehead atoms. The molecule has 0 saturated carbocycles. The van der Waals surface area contributed by atoms with E-state index in [0.29, 0.717) is 6.04 Å². The van der Waals surface area contributed by atoms with Crippen molar-refractivity contribution >= 4 is 11.3 Å². The highest BCUT2D eigenvalue weighted by molar-refractivity contribution is 5.72. The van der Waals surface area contributed by atoms with Crippen LogP contribution in [0.1, 0.15) is 68.8 Å². The van der Waals surface area contributed by atoms with Crippen molar-refractivity contribution in [1.29, 1.82) is 0 Å². The Kier molecular flexibility index (Phi) is 8.02. The van der Waals surface area contributed by atoms with Crippen molar-refractivity contribution in [3.8, 4) is 0 Å². The number of likely N-dealkylation sites (tertiary alicyclic amines) is 1. The lowest BCUT2D eigenvalue weighted by Crippen LogP contribution is -2.35. The lowest BCUT2D eigenvalue weighted by molar-refractivity contribution is 0.213. The quantitative estimate of drug-likeness (QED) is 0.406. The fourth-order valence-corrected chi connectivity index (χ4v) is 4.84. The average molecular weight is 441 g/mol. The third-order valence-corrected chi connectivity index (χ3v) is 6.81. The first-order chi connectivity index (χ1) is 15.8. The Morgan fingerprint density at radius 3 is 2.48 bits per heavy atom. The lowest BCUT2D eigenvalue weighted by Gasteiger charge is -2.41. The standard InChI is InChI=1S/C31H40N2/c1-9-27-20-29(17-18-31(27)32(10-2)21-22(3)4)24(6)30-12-11-19-33(26(30)8)25(7)28-15-13-23(5)14-16-28/h10,13-18,20-21,25,30H,2,6,8-9,11-12,19H2,1,3-5,7H3. The second-order valence-corrected chi connectivity index (χ2v) is 9.48. The Hall–Kier alpha value is -3.00. The van der Waals surface area contributed by atoms with Gasteiger partial charge in [-0.2, -0.15) is 0 Å². The van der Waals surface area contributed by atoms with Gasteiger partial charge in [-0.15, -0.1) is 0 Å². The van der Waals surface area contributed by atoms with E-state index in [2.05, 4.69) is 113 Å². The Labute approximate surface area is 201 Å². The molecule has 2 unspecified atom stereocenters. The van der Waals surface area contributed by atoms with Crippen LogP contribution in [0.15, 0.2) is 85.9 Å². The molecule has 0 aliphatic carbocycles. The molecule has 1 aliphatic rings. The van der Waals surface area contributed by atoms with E-state index in [4.69, 9.17) is 0 Å². The van der Waals surface area contributed by atoms with Gasteiger partial charge in [-0.3, -0.25) is 0 Å². The van der Waals surface area contributed by atoms with E-state index in [1.54, 1.807) is 0 Å². The maximum Gasteiger partial charge on any atom is 0.0511 e. The molecular weight excluding hydrogens is 400 g/mol. The van der Waals surface area contributed by atoms with Gasteiger partial charge in [0.15, 0.2) is 0 Å². The van der Waals surface area contributed by atoms with Crippen molar-refractivity contribution in [2.75, 3.05) is 11.4 Å². The van der Waals surface area contributed by atoms with E-state index in [1.165, 1.54) is 44.8 Å². The Morgan fingerprint density at radius 2 is 1.88 bits per heavy atom. The zero-order valence-corrected chi connectivity index (χ0v) is 21.2. The van der Waals surface area contributed by atoms with Crippen molar-refractivity contribution in [2.24, 2.45) is 5.92 Å². The van der Waals surface area contributed by atoms with Crippen molar-refractivity contribution in [2.45, 2.75) is 59.9 Å². The van der Waals surface area contributed by atoms with Crippen molar-refractivity contribution in [1.82, 2.24) is 4.90 Å². The molecular formula is C31H40N2. The third-order valence-electron chi connectivity index (χ3n) is 6.81. The summed E-state index contributed by atoms with van der Waals surface area (Å²) in [5.74, 6) is 0.274. The first-order valence-electron chi connectivity index (χ1n) is 12.2. The minimum atomic E-state index is 0.274. The predicted molar refractivity (Wildman–Crippen MR) is 145 cm³/mol. The van der Waals surface area contributed by atoms with Crippen LogP contribution in [0.4, 0.5) is 5.69 Å². The van der Waals surface area contributed by atoms with Crippen LogP contribution in [0.2, 0.25) is 0 Å². The highest BCUT2D eigenvalue weighted by Crippen LogP contribution is 2.40. The molecule has 2 nitrogen and oxygen atoms in total. The number of anilines is 1. The number of allylic oxidation sites excluding steroid dienone is 2. The summed E-state index contributed by atoms with van der Waals surface area (Å²) < 4.78 is 0. The number of hydrogen-bond donors (Lipinski definition) is 0. The van der Waals surface area contributed by atoms with E-state index in [0.717, 1.165) is 25.8 Å². The summed E-state index contributed by atoms with van der Waals surface area (Å²) >= 11 is 0. The molecule has 1 aliphatic heterocycles. The molecule has 2 aromatic carbocycles. The SMILES string of the molecule is C=CN(C=C(C)C)c1ccc(C(=C)C2CCCN(C(C)c3ccc(C)cc3)C2=C)cc1CC. The van der Waals surface area contributed by atoms with Crippen LogP contribution < -0.4 is 4.90 Å². The molecule has 0 amide bonds. The van der Waals surface area contributed by atoms with Crippen LogP contribution in [0.5, 0.6) is 0 Å². The number of hydrogen-bond acceptors (Lipinski definition) is 2. The van der Waals surface area contributed by atoms with Crippen molar-refractivity contribution < 1.29 is 0 Å². The van der Waals surface area contributed by atoms with Gasteiger partial charge >= 0.3 is 0 Å². The van der Waals surface area contributed by atoms with Gasteiger partial charge in [0.25, 0.3) is 0 Å². The fraction of sp³-hybridized carbons (Fsp3) is 0.355. The largest absolute Gasteiger partial charge is 0.368 e. The van der Waals surface area contributed by atoms with Gasteiger partial charge in [0, 0.05) is 36.2 Å². The fourth-order valence-electron chi connectivity index (χ4n) is 4.84. The summed E-state index contributed by atoms with van der Waals surface area (Å²) in [6, 6.07) is 15.9. The van der Waals surface area contributed by atoms with E-state index >= 15 is 0 Å². The van der Waals surface area contributed by atoms with Crippen LogP contribution in [0.3, 0.4) is 0 Å². The monoisotopic (exact) mass is 440 g/mol. The Balaban J connectivity index is 1.85. The number of aryl methyl sites for hydroxylation is 2. The Morgan fingerprint density at radius 1 is 1.18 bits per heavy atom. The third kappa shape index (κ3) is 5.50. The van der Waals surface area contributed by atoms with Gasteiger partial charge in [0.05, 0.1) is 6.04 Å². The molecule has 3 rings (SSSR count). The van der Waals surface area contributed by atoms with Gasteiger partial charge in [0.1, 0.15) is 0 Å². The topological polar surface area (TPSA) is 6.48 Å². The summed E-state index contributed by atoms with van der Waals surface area (Å²) in [7, 11) is 0. The molecule has 1 saturated heterocycles. The molecule has 2 atom stereocenters. The minimum absolute atomic E-state index is 0.274. The van der Waals surface area contributed by atoms with Crippen LogP contribution in [0, 0.1) is 12.8 Å². The molecule has 2 aromatic rings. The van der Waals surface area contributed by atoms with Crippen LogP contribution >= 0.6 is 0 Å². The summed E-state index contributed by atoms with van der Waals surface area (Å²) in [5, 5.41) is 0. The number of piperidine rings is 1. The average Bonchev–Trinajstić information content (AvgIpc) is 2.82. The summed E-state index contributed by atoms with van der Waals surface area (Å²) in [5.41, 5.74) is 9.95. The highest BCUT2D eigenvalue weighted by Gasteiger charge is 2.29. The number of nitrogens with zero attached hydrogens (tertiary/aromatic N) is 2. The van der Waals surface area contributed by atoms with Crippen molar-refractivity contribution in [3.63, 3.8) is 0 Å². The van der Waals surface area contributed by atoms with E-state index in [1.807, 2.05) is 6.20 Å². The van der Waals surface area contributed by atoms with Gasteiger partial charge in [-0.25, -0.2) is 0 Å². The highest BCUT2D eigenvalue weighted by atomic mass is 15.2. The van der Waals surface area contributed by atoms with E-state index in [9.17, 15) is 0 Å². The molecule has 174 valence electrons. The molecule has 33 heavy (non-hydrogen) atoms. The van der Waals surface area contributed by atoms with Crippen LogP contribution in [-0.2, 0) is 6.42 Å². The van der Waals surface area contributed by atoms with Gasteiger partial charge in [0.2, 0.25) is 0 Å². The first-order valence-corrected chi connectivity index (χ1v) is 12.2. The van der Waals surface area contributed by atoms with E-state index < -0.39 is 0 Å². The van der Waals surface area contributed by atoms with Gasteiger partial charge in [-0.05, 0) is 81.4 Å². The van der Waals surface area contributed by atoms with Gasteiger partial charge < -0.3 is 9.80 Å². The summed E-state index contributed by atoms with van der Waals surface area (Å²) in [6.07, 6.45) is 7.23. The van der Waals surface area contributed by atoms with Crippen molar-refractivity contribution in [3.05, 3.63) is 108 Å². The number of benzene rings is 2. The minimum Gasteiger partial charge on any atom is -0.368 e. The second-order valence-electron chi connectivity index (χ2n) is 9.48. The first kappa shape index (κ1) is 24.6. The molecule has 1 heterocycles. The second kappa shape index (κ2) is 10.7. The van der Waals surface area contributed by atoms with Crippen LogP contribution in [-0.4, -0.2) is 11.4 Å². The molecule has 0 N–H and O–H groups in total. The molecule has 0 aromatic heterocycles.